The van der Waals surface area contributed by atoms with Crippen LogP contribution in [0.5, 0.6) is 0 Å². The molecule has 0 aromatic heterocycles. The van der Waals surface area contributed by atoms with Crippen molar-refractivity contribution in [1.82, 2.24) is 0 Å². The van der Waals surface area contributed by atoms with Crippen molar-refractivity contribution < 1.29 is 4.92 Å². The molecule has 3 unspecified atom stereocenters. The molecule has 2 aliphatic carbocycles. The van der Waals surface area contributed by atoms with Crippen LogP contribution in [0.25, 0.3) is 0 Å². The predicted molar refractivity (Wildman–Crippen MR) is 84.9 cm³/mol. The quantitative estimate of drug-likeness (QED) is 0.665. The lowest BCUT2D eigenvalue weighted by molar-refractivity contribution is -0.384. The predicted octanol–water partition coefficient (Wildman–Crippen LogP) is 3.51. The number of non-ortho nitro benzene ring substituents is 1. The number of fused-ring (bicyclic) bond motifs is 2. The first-order chi connectivity index (χ1) is 10.1. The van der Waals surface area contributed by atoms with E-state index in [2.05, 4.69) is 10.2 Å². The number of nitrogens with one attached hydrogen (secondary N) is 1. The molecule has 2 fully saturated rings. The summed E-state index contributed by atoms with van der Waals surface area (Å²) in [7, 11) is 3.84. The molecule has 2 bridgehead atoms. The van der Waals surface area contributed by atoms with E-state index in [0.29, 0.717) is 0 Å². The van der Waals surface area contributed by atoms with E-state index in [1.807, 2.05) is 13.1 Å². The molecule has 0 aliphatic heterocycles. The maximum absolute atomic E-state index is 11.1. The van der Waals surface area contributed by atoms with Crippen LogP contribution in [0.4, 0.5) is 17.1 Å². The molecular weight excluding hydrogens is 266 g/mol. The van der Waals surface area contributed by atoms with Gasteiger partial charge in [-0.05, 0) is 43.1 Å². The molecule has 114 valence electrons. The molecule has 0 heterocycles. The number of rotatable bonds is 5. The van der Waals surface area contributed by atoms with E-state index in [0.717, 1.165) is 35.7 Å². The van der Waals surface area contributed by atoms with Crippen LogP contribution in [0.3, 0.4) is 0 Å². The Morgan fingerprint density at radius 3 is 2.71 bits per heavy atom. The van der Waals surface area contributed by atoms with Gasteiger partial charge in [0.05, 0.1) is 4.92 Å². The molecule has 0 spiro atoms. The highest BCUT2D eigenvalue weighted by atomic mass is 16.6. The van der Waals surface area contributed by atoms with Crippen LogP contribution in [-0.2, 0) is 0 Å². The van der Waals surface area contributed by atoms with Gasteiger partial charge in [-0.3, -0.25) is 10.1 Å². The highest BCUT2D eigenvalue weighted by Crippen LogP contribution is 2.48. The van der Waals surface area contributed by atoms with Gasteiger partial charge in [0.1, 0.15) is 0 Å². The van der Waals surface area contributed by atoms with E-state index in [9.17, 15) is 10.1 Å². The molecule has 2 saturated carbocycles. The summed E-state index contributed by atoms with van der Waals surface area (Å²) in [5.41, 5.74) is 1.87. The molecule has 0 amide bonds. The molecule has 5 heteroatoms. The van der Waals surface area contributed by atoms with Crippen molar-refractivity contribution in [2.75, 3.05) is 30.9 Å². The Morgan fingerprint density at radius 1 is 1.33 bits per heavy atom. The van der Waals surface area contributed by atoms with Crippen molar-refractivity contribution in [2.45, 2.75) is 25.7 Å². The fourth-order valence-corrected chi connectivity index (χ4v) is 4.12. The molecule has 0 radical (unpaired) electrons. The summed E-state index contributed by atoms with van der Waals surface area (Å²) in [4.78, 5) is 12.9. The summed E-state index contributed by atoms with van der Waals surface area (Å²) in [6.45, 7) is 1.01. The van der Waals surface area contributed by atoms with E-state index in [-0.39, 0.29) is 10.6 Å². The normalized spacial score (nSPS) is 26.9. The van der Waals surface area contributed by atoms with Crippen LogP contribution in [0.15, 0.2) is 18.2 Å². The van der Waals surface area contributed by atoms with Crippen LogP contribution in [0, 0.1) is 27.9 Å². The van der Waals surface area contributed by atoms with Crippen LogP contribution in [-0.4, -0.2) is 25.6 Å². The van der Waals surface area contributed by atoms with Crippen molar-refractivity contribution in [3.63, 3.8) is 0 Å². The number of anilines is 2. The third kappa shape index (κ3) is 2.82. The standard InChI is InChI=1S/C16H23N3O2/c1-17-14-7-15(9-16(8-14)19(20)21)18(2)10-13-6-11-3-4-12(13)5-11/h7-9,11-13,17H,3-6,10H2,1-2H3. The van der Waals surface area contributed by atoms with Gasteiger partial charge in [-0.2, -0.15) is 0 Å². The van der Waals surface area contributed by atoms with Gasteiger partial charge in [-0.1, -0.05) is 6.42 Å². The smallest absolute Gasteiger partial charge is 0.273 e. The SMILES string of the molecule is CNc1cc(N(C)CC2CC3CCC2C3)cc([N+](=O)[O-])c1. The van der Waals surface area contributed by atoms with Crippen molar-refractivity contribution in [3.05, 3.63) is 28.3 Å². The topological polar surface area (TPSA) is 58.4 Å². The Labute approximate surface area is 125 Å². The summed E-state index contributed by atoms with van der Waals surface area (Å²) >= 11 is 0. The number of benzene rings is 1. The summed E-state index contributed by atoms with van der Waals surface area (Å²) < 4.78 is 0. The second kappa shape index (κ2) is 5.54. The van der Waals surface area contributed by atoms with Crippen LogP contribution in [0.1, 0.15) is 25.7 Å². The molecule has 1 N–H and O–H groups in total. The minimum absolute atomic E-state index is 0.150. The lowest BCUT2D eigenvalue weighted by Gasteiger charge is -2.28. The van der Waals surface area contributed by atoms with Crippen LogP contribution in [0.2, 0.25) is 0 Å². The van der Waals surface area contributed by atoms with Gasteiger partial charge >= 0.3 is 0 Å². The zero-order chi connectivity index (χ0) is 15.0. The van der Waals surface area contributed by atoms with Crippen molar-refractivity contribution >= 4 is 17.1 Å². The van der Waals surface area contributed by atoms with Gasteiger partial charge in [-0.15, -0.1) is 0 Å². The van der Waals surface area contributed by atoms with Crippen LogP contribution >= 0.6 is 0 Å². The fourth-order valence-electron chi connectivity index (χ4n) is 4.12. The number of nitrogens with zero attached hydrogens (tertiary/aromatic N) is 2. The highest BCUT2D eigenvalue weighted by Gasteiger charge is 2.39. The van der Waals surface area contributed by atoms with Gasteiger partial charge in [0.15, 0.2) is 0 Å². The Bertz CT molecular complexity index is 546. The van der Waals surface area contributed by atoms with Gasteiger partial charge in [0, 0.05) is 44.1 Å². The Balaban J connectivity index is 1.75. The molecule has 1 aromatic rings. The van der Waals surface area contributed by atoms with Crippen molar-refractivity contribution in [2.24, 2.45) is 17.8 Å². The Kier molecular flexibility index (Phi) is 3.74. The number of hydrogen-bond donors (Lipinski definition) is 1. The fraction of sp³-hybridized carbons (Fsp3) is 0.625. The number of nitro benzene ring substituents is 1. The molecule has 21 heavy (non-hydrogen) atoms. The molecule has 2 aliphatic rings. The third-order valence-electron chi connectivity index (χ3n) is 5.24. The van der Waals surface area contributed by atoms with E-state index in [1.54, 1.807) is 19.2 Å². The first-order valence-corrected chi connectivity index (χ1v) is 7.75. The minimum Gasteiger partial charge on any atom is -0.388 e. The maximum Gasteiger partial charge on any atom is 0.273 e. The maximum atomic E-state index is 11.1. The molecule has 3 rings (SSSR count). The van der Waals surface area contributed by atoms with Crippen molar-refractivity contribution in [1.29, 1.82) is 0 Å². The van der Waals surface area contributed by atoms with Gasteiger partial charge in [-0.25, -0.2) is 0 Å². The average molecular weight is 289 g/mol. The molecular formula is C16H23N3O2. The van der Waals surface area contributed by atoms with Gasteiger partial charge < -0.3 is 10.2 Å². The zero-order valence-corrected chi connectivity index (χ0v) is 12.7. The van der Waals surface area contributed by atoms with E-state index >= 15 is 0 Å². The summed E-state index contributed by atoms with van der Waals surface area (Å²) in [6, 6.07) is 5.24. The van der Waals surface area contributed by atoms with E-state index in [4.69, 9.17) is 0 Å². The summed E-state index contributed by atoms with van der Waals surface area (Å²) in [6.07, 6.45) is 5.52. The molecule has 3 atom stereocenters. The second-order valence-corrected chi connectivity index (χ2v) is 6.56. The molecule has 5 nitrogen and oxygen atoms in total. The lowest BCUT2D eigenvalue weighted by atomic mass is 9.88. The molecule has 0 saturated heterocycles. The van der Waals surface area contributed by atoms with E-state index < -0.39 is 0 Å². The summed E-state index contributed by atoms with van der Waals surface area (Å²) in [5, 5.41) is 14.1. The third-order valence-corrected chi connectivity index (χ3v) is 5.24. The largest absolute Gasteiger partial charge is 0.388 e. The Hall–Kier alpha value is -1.78. The lowest BCUT2D eigenvalue weighted by Crippen LogP contribution is -2.28. The Morgan fingerprint density at radius 2 is 2.14 bits per heavy atom. The number of nitro groups is 1. The highest BCUT2D eigenvalue weighted by molar-refractivity contribution is 5.64. The summed E-state index contributed by atoms with van der Waals surface area (Å²) in [5.74, 6) is 2.57. The average Bonchev–Trinajstić information content (AvgIpc) is 3.09. The zero-order valence-electron chi connectivity index (χ0n) is 12.7. The minimum atomic E-state index is -0.324. The van der Waals surface area contributed by atoms with Gasteiger partial charge in [0.2, 0.25) is 0 Å². The van der Waals surface area contributed by atoms with Crippen LogP contribution < -0.4 is 10.2 Å². The number of hydrogen-bond acceptors (Lipinski definition) is 4. The molecule has 1 aromatic carbocycles. The first kappa shape index (κ1) is 14.2. The second-order valence-electron chi connectivity index (χ2n) is 6.56. The van der Waals surface area contributed by atoms with E-state index in [1.165, 1.54) is 25.7 Å². The monoisotopic (exact) mass is 289 g/mol. The van der Waals surface area contributed by atoms with Gasteiger partial charge in [0.25, 0.3) is 5.69 Å². The van der Waals surface area contributed by atoms with Crippen molar-refractivity contribution in [3.8, 4) is 0 Å². The first-order valence-electron chi connectivity index (χ1n) is 7.75.